The molecule has 4 aromatic carbocycles. The molecular formula is C38H29Cl2FN2O5. The van der Waals surface area contributed by atoms with Gasteiger partial charge in [-0.2, -0.15) is 0 Å². The number of carbonyl (C=O) groups excluding carboxylic acids is 4. The molecule has 0 aromatic heterocycles. The van der Waals surface area contributed by atoms with Crippen molar-refractivity contribution in [3.05, 3.63) is 114 Å². The van der Waals surface area contributed by atoms with Crippen LogP contribution in [0.25, 0.3) is 10.8 Å². The number of imide groups is 2. The van der Waals surface area contributed by atoms with Gasteiger partial charge in [0, 0.05) is 16.9 Å². The number of nitrogens with zero attached hydrogens (tertiary/aromatic N) is 2. The number of hydrogen-bond donors (Lipinski definition) is 1. The van der Waals surface area contributed by atoms with E-state index in [1.165, 1.54) is 17.0 Å². The summed E-state index contributed by atoms with van der Waals surface area (Å²) >= 11 is 14.9. The summed E-state index contributed by atoms with van der Waals surface area (Å²) in [6.07, 6.45) is 2.62. The third-order valence-electron chi connectivity index (χ3n) is 10.7. The van der Waals surface area contributed by atoms with Crippen LogP contribution in [0.2, 0.25) is 0 Å². The summed E-state index contributed by atoms with van der Waals surface area (Å²) in [5.74, 6) is -6.59. The zero-order valence-electron chi connectivity index (χ0n) is 25.7. The summed E-state index contributed by atoms with van der Waals surface area (Å²) in [5, 5.41) is 13.0. The van der Waals surface area contributed by atoms with Gasteiger partial charge in [-0.25, -0.2) is 9.29 Å². The van der Waals surface area contributed by atoms with Crippen LogP contribution in [0.1, 0.15) is 36.8 Å². The number of hydrogen-bond acceptors (Lipinski definition) is 5. The van der Waals surface area contributed by atoms with Crippen molar-refractivity contribution in [2.45, 2.75) is 41.9 Å². The fourth-order valence-corrected chi connectivity index (χ4v) is 9.31. The van der Waals surface area contributed by atoms with E-state index in [0.29, 0.717) is 16.6 Å². The molecule has 6 atom stereocenters. The Balaban J connectivity index is 1.31. The van der Waals surface area contributed by atoms with Gasteiger partial charge in [0.15, 0.2) is 9.75 Å². The Hall–Kier alpha value is -4.53. The van der Waals surface area contributed by atoms with Gasteiger partial charge in [0.25, 0.3) is 11.8 Å². The van der Waals surface area contributed by atoms with E-state index in [0.717, 1.165) is 34.4 Å². The van der Waals surface area contributed by atoms with Crippen LogP contribution in [-0.4, -0.2) is 38.5 Å². The van der Waals surface area contributed by atoms with Crippen LogP contribution in [0.5, 0.6) is 5.75 Å². The highest BCUT2D eigenvalue weighted by Crippen LogP contribution is 2.66. The number of allylic oxidation sites excluding steroid dienone is 2. The topological polar surface area (TPSA) is 95.0 Å². The van der Waals surface area contributed by atoms with Crippen molar-refractivity contribution in [1.29, 1.82) is 0 Å². The van der Waals surface area contributed by atoms with Crippen LogP contribution >= 0.6 is 23.2 Å². The third-order valence-corrected chi connectivity index (χ3v) is 12.2. The first-order chi connectivity index (χ1) is 23.0. The van der Waals surface area contributed by atoms with Crippen molar-refractivity contribution < 1.29 is 28.7 Å². The number of anilines is 2. The Bertz CT molecular complexity index is 2100. The number of halogens is 3. The van der Waals surface area contributed by atoms with E-state index in [1.807, 2.05) is 37.3 Å². The molecule has 0 unspecified atom stereocenters. The molecule has 2 saturated heterocycles. The lowest BCUT2D eigenvalue weighted by Crippen LogP contribution is -2.60. The molecule has 48 heavy (non-hydrogen) atoms. The van der Waals surface area contributed by atoms with Gasteiger partial charge < -0.3 is 5.11 Å². The summed E-state index contributed by atoms with van der Waals surface area (Å²) in [4.78, 5) is 55.1. The minimum atomic E-state index is -2.14. The third kappa shape index (κ3) is 3.99. The van der Waals surface area contributed by atoms with Crippen molar-refractivity contribution in [3.63, 3.8) is 0 Å². The number of aryl methyl sites for hydroxylation is 1. The molecule has 4 amide bonds. The first-order valence-electron chi connectivity index (χ1n) is 15.9. The molecule has 1 N–H and O–H groups in total. The Morgan fingerprint density at radius 2 is 1.48 bits per heavy atom. The molecule has 2 heterocycles. The maximum atomic E-state index is 14.6. The Morgan fingerprint density at radius 1 is 0.812 bits per heavy atom. The standard InChI is InChI=1S/C38H29Cl2FN2O5/c1-2-20-7-12-23(13-8-20)42-33(45)27-18-17-26-29(30(27)34(42)46)19-37(39)35(47)43(24-14-10-22(41)11-15-24)36(48)38(37,40)31(26)28-16-9-21-5-3-4-6-25(21)32(28)44/h3-17,27,29-31,44H,2,18-19H2,1H3/t27-,29+,30-,31+,37+,38-/m0/s1. The van der Waals surface area contributed by atoms with Gasteiger partial charge in [0.2, 0.25) is 11.8 Å². The molecule has 0 spiro atoms. The molecule has 4 aliphatic rings. The van der Waals surface area contributed by atoms with E-state index < -0.39 is 57.0 Å². The Morgan fingerprint density at radius 3 is 2.19 bits per heavy atom. The number of phenols is 1. The van der Waals surface area contributed by atoms with Gasteiger partial charge in [-0.1, -0.05) is 67.1 Å². The normalized spacial score (nSPS) is 29.6. The fourth-order valence-electron chi connectivity index (χ4n) is 8.38. The van der Waals surface area contributed by atoms with E-state index in [4.69, 9.17) is 23.2 Å². The van der Waals surface area contributed by atoms with E-state index >= 15 is 0 Å². The van der Waals surface area contributed by atoms with Gasteiger partial charge in [0.1, 0.15) is 11.6 Å². The maximum Gasteiger partial charge on any atom is 0.258 e. The van der Waals surface area contributed by atoms with Crippen LogP contribution in [0.15, 0.2) is 96.6 Å². The van der Waals surface area contributed by atoms with Crippen LogP contribution in [-0.2, 0) is 25.6 Å². The molecule has 0 bridgehead atoms. The molecule has 1 saturated carbocycles. The van der Waals surface area contributed by atoms with Crippen LogP contribution in [0, 0.1) is 23.6 Å². The summed E-state index contributed by atoms with van der Waals surface area (Å²) in [5.41, 5.74) is 2.45. The second kappa shape index (κ2) is 10.7. The zero-order chi connectivity index (χ0) is 33.7. The van der Waals surface area contributed by atoms with E-state index in [1.54, 1.807) is 36.4 Å². The number of rotatable bonds is 4. The lowest BCUT2D eigenvalue weighted by atomic mass is 9.56. The Kier molecular flexibility index (Phi) is 6.89. The van der Waals surface area contributed by atoms with Gasteiger partial charge >= 0.3 is 0 Å². The van der Waals surface area contributed by atoms with E-state index in [9.17, 15) is 28.7 Å². The number of amides is 4. The Labute approximate surface area is 285 Å². The predicted octanol–water partition coefficient (Wildman–Crippen LogP) is 7.01. The summed E-state index contributed by atoms with van der Waals surface area (Å²) in [7, 11) is 0. The van der Waals surface area contributed by atoms with Gasteiger partial charge in [0.05, 0.1) is 23.2 Å². The number of carbonyl (C=O) groups is 4. The smallest absolute Gasteiger partial charge is 0.258 e. The van der Waals surface area contributed by atoms with Crippen molar-refractivity contribution in [1.82, 2.24) is 0 Å². The first-order valence-corrected chi connectivity index (χ1v) is 16.7. The first kappa shape index (κ1) is 30.8. The molecular weight excluding hydrogens is 654 g/mol. The largest absolute Gasteiger partial charge is 0.507 e. The van der Waals surface area contributed by atoms with Crippen molar-refractivity contribution in [2.75, 3.05) is 9.80 Å². The lowest BCUT2D eigenvalue weighted by Gasteiger charge is -2.50. The molecule has 7 nitrogen and oxygen atoms in total. The molecule has 8 rings (SSSR count). The summed E-state index contributed by atoms with van der Waals surface area (Å²) in [6.45, 7) is 2.01. The summed E-state index contributed by atoms with van der Waals surface area (Å²) < 4.78 is 13.9. The van der Waals surface area contributed by atoms with Crippen LogP contribution < -0.4 is 9.80 Å². The number of phenolic OH excluding ortho intramolecular Hbond substituents is 1. The summed E-state index contributed by atoms with van der Waals surface area (Å²) in [6, 6.07) is 22.8. The molecule has 242 valence electrons. The molecule has 10 heteroatoms. The van der Waals surface area contributed by atoms with Crippen molar-refractivity contribution >= 4 is 69.0 Å². The van der Waals surface area contributed by atoms with Crippen molar-refractivity contribution in [3.8, 4) is 5.75 Å². The van der Waals surface area contributed by atoms with Gasteiger partial charge in [-0.05, 0) is 72.5 Å². The van der Waals surface area contributed by atoms with E-state index in [2.05, 4.69) is 0 Å². The van der Waals surface area contributed by atoms with Crippen LogP contribution in [0.3, 0.4) is 0 Å². The lowest BCUT2D eigenvalue weighted by molar-refractivity contribution is -0.125. The SMILES string of the molecule is CCc1ccc(N2C(=O)[C@H]3[C@H](CC=C4[C@H]3C[C@@]3(Cl)C(=O)N(c5ccc(F)cc5)C(=O)[C@@]3(Cl)[C@H]4c3ccc4ccccc4c3O)C2=O)cc1. The zero-order valence-corrected chi connectivity index (χ0v) is 27.2. The van der Waals surface area contributed by atoms with Crippen molar-refractivity contribution in [2.24, 2.45) is 17.8 Å². The molecule has 0 radical (unpaired) electrons. The quantitative estimate of drug-likeness (QED) is 0.142. The average Bonchev–Trinajstić information content (AvgIpc) is 3.43. The molecule has 4 aromatic rings. The number of benzene rings is 4. The molecule has 3 fully saturated rings. The maximum absolute atomic E-state index is 14.6. The average molecular weight is 684 g/mol. The fraction of sp³-hybridized carbons (Fsp3) is 0.263. The second-order valence-corrected chi connectivity index (χ2v) is 14.2. The van der Waals surface area contributed by atoms with Gasteiger partial charge in [-0.15, -0.1) is 23.2 Å². The highest BCUT2D eigenvalue weighted by Gasteiger charge is 2.77. The minimum Gasteiger partial charge on any atom is -0.507 e. The number of fused-ring (bicyclic) bond motifs is 5. The monoisotopic (exact) mass is 682 g/mol. The molecule has 2 aliphatic heterocycles. The van der Waals surface area contributed by atoms with E-state index in [-0.39, 0.29) is 35.7 Å². The minimum absolute atomic E-state index is 0.0889. The highest BCUT2D eigenvalue weighted by atomic mass is 35.5. The second-order valence-electron chi connectivity index (χ2n) is 13.0. The van der Waals surface area contributed by atoms with Crippen LogP contribution in [0.4, 0.5) is 15.8 Å². The van der Waals surface area contributed by atoms with Gasteiger partial charge in [-0.3, -0.25) is 24.1 Å². The molecule has 2 aliphatic carbocycles. The predicted molar refractivity (Wildman–Crippen MR) is 181 cm³/mol. The number of aromatic hydroxyl groups is 1. The number of alkyl halides is 2. The highest BCUT2D eigenvalue weighted by molar-refractivity contribution is 6.58.